The van der Waals surface area contributed by atoms with E-state index in [0.29, 0.717) is 29.9 Å². The van der Waals surface area contributed by atoms with Gasteiger partial charge in [-0.25, -0.2) is 4.98 Å². The highest BCUT2D eigenvalue weighted by atomic mass is 19.4. The van der Waals surface area contributed by atoms with Gasteiger partial charge in [0.05, 0.1) is 34.9 Å². The number of nitrogens with zero attached hydrogens (tertiary/aromatic N) is 3. The summed E-state index contributed by atoms with van der Waals surface area (Å²) in [6, 6.07) is 3.67. The van der Waals surface area contributed by atoms with Gasteiger partial charge in [0.25, 0.3) is 0 Å². The summed E-state index contributed by atoms with van der Waals surface area (Å²) in [5, 5.41) is 7.67. The van der Waals surface area contributed by atoms with Crippen LogP contribution in [0.3, 0.4) is 0 Å². The molecule has 0 saturated heterocycles. The van der Waals surface area contributed by atoms with Gasteiger partial charge < -0.3 is 5.32 Å². The zero-order valence-corrected chi connectivity index (χ0v) is 18.1. The monoisotopic (exact) mass is 470 g/mol. The van der Waals surface area contributed by atoms with Crippen molar-refractivity contribution in [3.05, 3.63) is 71.4 Å². The minimum absolute atomic E-state index is 0.237. The van der Waals surface area contributed by atoms with E-state index >= 15 is 0 Å². The summed E-state index contributed by atoms with van der Waals surface area (Å²) in [4.78, 5) is 3.46. The Morgan fingerprint density at radius 1 is 1.21 bits per heavy atom. The molecule has 4 nitrogen and oxygen atoms in total. The van der Waals surface area contributed by atoms with Gasteiger partial charge in [0.2, 0.25) is 0 Å². The Hall–Kier alpha value is -3.04. The van der Waals surface area contributed by atoms with E-state index in [-0.39, 0.29) is 12.5 Å². The van der Waals surface area contributed by atoms with Crippen molar-refractivity contribution in [1.29, 1.82) is 0 Å². The normalized spacial score (nSPS) is 18.0. The van der Waals surface area contributed by atoms with Crippen molar-refractivity contribution in [2.45, 2.75) is 58.0 Å². The van der Waals surface area contributed by atoms with E-state index < -0.39 is 23.6 Å². The van der Waals surface area contributed by atoms with Gasteiger partial charge >= 0.3 is 12.4 Å². The predicted octanol–water partition coefficient (Wildman–Crippen LogP) is 7.10. The topological polar surface area (TPSA) is 42.7 Å². The molecule has 178 valence electrons. The van der Waals surface area contributed by atoms with Gasteiger partial charge in [0.15, 0.2) is 0 Å². The van der Waals surface area contributed by atoms with Gasteiger partial charge in [0, 0.05) is 12.1 Å². The number of anilines is 1. The van der Waals surface area contributed by atoms with E-state index in [1.54, 1.807) is 36.7 Å². The predicted molar refractivity (Wildman–Crippen MR) is 114 cm³/mol. The molecule has 1 aliphatic rings. The van der Waals surface area contributed by atoms with Crippen LogP contribution < -0.4 is 5.32 Å². The Morgan fingerprint density at radius 2 is 1.97 bits per heavy atom. The summed E-state index contributed by atoms with van der Waals surface area (Å²) in [6.07, 6.45) is -0.766. The maximum absolute atomic E-state index is 13.4. The third kappa shape index (κ3) is 6.06. The first-order valence-corrected chi connectivity index (χ1v) is 10.5. The molecule has 3 heterocycles. The van der Waals surface area contributed by atoms with Crippen LogP contribution in [-0.2, 0) is 12.7 Å². The molecule has 1 aliphatic heterocycles. The molecule has 0 radical (unpaired) electrons. The Labute approximate surface area is 187 Å². The molecular weight excluding hydrogens is 446 g/mol. The molecular formula is C23H24F6N4. The number of halogens is 6. The minimum Gasteiger partial charge on any atom is -0.375 e. The molecule has 0 spiro atoms. The van der Waals surface area contributed by atoms with E-state index in [9.17, 15) is 26.3 Å². The molecule has 0 aliphatic carbocycles. The first-order chi connectivity index (χ1) is 15.5. The molecule has 1 unspecified atom stereocenters. The maximum Gasteiger partial charge on any atom is 0.433 e. The van der Waals surface area contributed by atoms with E-state index in [1.165, 1.54) is 6.07 Å². The summed E-state index contributed by atoms with van der Waals surface area (Å²) < 4.78 is 80.2. The van der Waals surface area contributed by atoms with Gasteiger partial charge in [-0.3, -0.25) is 4.68 Å². The van der Waals surface area contributed by atoms with Crippen molar-refractivity contribution >= 4 is 11.3 Å². The van der Waals surface area contributed by atoms with Gasteiger partial charge in [-0.2, -0.15) is 31.4 Å². The second-order valence-electron chi connectivity index (χ2n) is 7.61. The second-order valence-corrected chi connectivity index (χ2v) is 7.61. The molecule has 0 amide bonds. The van der Waals surface area contributed by atoms with Crippen LogP contribution >= 0.6 is 0 Å². The highest BCUT2D eigenvalue weighted by Crippen LogP contribution is 2.34. The van der Waals surface area contributed by atoms with Crippen LogP contribution in [0, 0.1) is 0 Å². The summed E-state index contributed by atoms with van der Waals surface area (Å²) >= 11 is 0. The van der Waals surface area contributed by atoms with E-state index in [4.69, 9.17) is 0 Å². The Morgan fingerprint density at radius 3 is 2.55 bits per heavy atom. The van der Waals surface area contributed by atoms with Crippen LogP contribution in [0.5, 0.6) is 0 Å². The van der Waals surface area contributed by atoms with Crippen LogP contribution in [-0.4, -0.2) is 20.9 Å². The fraction of sp³-hybridized carbons (Fsp3) is 0.391. The Bertz CT molecular complexity index is 1040. The summed E-state index contributed by atoms with van der Waals surface area (Å²) in [6.45, 7) is 3.94. The highest BCUT2D eigenvalue weighted by molar-refractivity contribution is 5.74. The van der Waals surface area contributed by atoms with Crippen LogP contribution in [0.2, 0.25) is 0 Å². The maximum atomic E-state index is 13.4. The Kier molecular flexibility index (Phi) is 7.34. The lowest BCUT2D eigenvalue weighted by Gasteiger charge is -2.25. The molecule has 0 bridgehead atoms. The molecule has 3 rings (SSSR count). The van der Waals surface area contributed by atoms with Crippen LogP contribution in [0.1, 0.15) is 56.2 Å². The molecule has 0 fully saturated rings. The van der Waals surface area contributed by atoms with Crippen LogP contribution in [0.15, 0.2) is 54.3 Å². The highest BCUT2D eigenvalue weighted by Gasteiger charge is 2.33. The van der Waals surface area contributed by atoms with E-state index in [0.717, 1.165) is 36.5 Å². The van der Waals surface area contributed by atoms with Crippen LogP contribution in [0.25, 0.3) is 5.57 Å². The average Bonchev–Trinajstić information content (AvgIpc) is 3.17. The van der Waals surface area contributed by atoms with Crippen molar-refractivity contribution in [1.82, 2.24) is 14.8 Å². The van der Waals surface area contributed by atoms with Crippen molar-refractivity contribution < 1.29 is 26.3 Å². The number of fused-ring (bicyclic) bond motifs is 1. The number of hydrogen-bond acceptors (Lipinski definition) is 3. The van der Waals surface area contributed by atoms with Crippen molar-refractivity contribution in [3.63, 3.8) is 0 Å². The number of nitrogens with one attached hydrogen (secondary N) is 1. The molecule has 0 saturated carbocycles. The summed E-state index contributed by atoms with van der Waals surface area (Å²) in [5.41, 5.74) is 0.165. The van der Waals surface area contributed by atoms with E-state index in [1.807, 2.05) is 0 Å². The first-order valence-electron chi connectivity index (χ1n) is 10.5. The number of aryl methyl sites for hydroxylation is 1. The molecule has 2 aromatic rings. The lowest BCUT2D eigenvalue weighted by Crippen LogP contribution is -2.22. The number of pyridine rings is 1. The smallest absolute Gasteiger partial charge is 0.375 e. The minimum atomic E-state index is -4.52. The molecule has 10 heteroatoms. The number of rotatable bonds is 6. The molecule has 1 atom stereocenters. The third-order valence-electron chi connectivity index (χ3n) is 5.13. The van der Waals surface area contributed by atoms with Crippen molar-refractivity contribution in [3.8, 4) is 0 Å². The zero-order chi connectivity index (χ0) is 24.2. The third-order valence-corrected chi connectivity index (χ3v) is 5.13. The van der Waals surface area contributed by atoms with Crippen molar-refractivity contribution in [2.24, 2.45) is 0 Å². The summed E-state index contributed by atoms with van der Waals surface area (Å²) in [7, 11) is 0. The lowest BCUT2D eigenvalue weighted by atomic mass is 10.0. The molecule has 33 heavy (non-hydrogen) atoms. The molecule has 0 aromatic carbocycles. The number of allylic oxidation sites excluding steroid dienone is 6. The van der Waals surface area contributed by atoms with Gasteiger partial charge in [0.1, 0.15) is 5.69 Å². The van der Waals surface area contributed by atoms with Crippen LogP contribution in [0.4, 0.5) is 32.0 Å². The number of aromatic nitrogens is 3. The van der Waals surface area contributed by atoms with Gasteiger partial charge in [-0.1, -0.05) is 25.2 Å². The standard InChI is InChI=1S/C23H24F6N4/c1-3-6-15(12-16(7-4-2)22(24,25)26)19-13-20-18(8-5-11-33(20)32-19)31-17-9-10-21(30-14-17)23(27,28)29/h3,6-7,9-10,12-14,18,31H,4-5,8,11H2,1-2H3/b6-3-,15-12+,16-7-. The lowest BCUT2D eigenvalue weighted by molar-refractivity contribution is -0.141. The summed E-state index contributed by atoms with van der Waals surface area (Å²) in [5.74, 6) is 0. The molecule has 1 N–H and O–H groups in total. The van der Waals surface area contributed by atoms with Gasteiger partial charge in [-0.05, 0) is 50.5 Å². The Balaban J connectivity index is 1.91. The quantitative estimate of drug-likeness (QED) is 0.362. The first kappa shape index (κ1) is 24.6. The number of hydrogen-bond donors (Lipinski definition) is 1. The van der Waals surface area contributed by atoms with Crippen molar-refractivity contribution in [2.75, 3.05) is 5.32 Å². The fourth-order valence-corrected chi connectivity index (χ4v) is 3.65. The largest absolute Gasteiger partial charge is 0.433 e. The average molecular weight is 470 g/mol. The van der Waals surface area contributed by atoms with Gasteiger partial charge in [-0.15, -0.1) is 0 Å². The zero-order valence-electron chi connectivity index (χ0n) is 18.1. The molecule has 2 aromatic heterocycles. The SMILES string of the molecule is C\C=C/C(=C\C(=C\CC)C(F)(F)F)c1cc2n(n1)CCCC2Nc1ccc(C(F)(F)F)nc1. The fourth-order valence-electron chi connectivity index (χ4n) is 3.65. The second kappa shape index (κ2) is 9.84. The van der Waals surface area contributed by atoms with E-state index in [2.05, 4.69) is 15.4 Å². The number of alkyl halides is 6.